The van der Waals surface area contributed by atoms with Gasteiger partial charge in [-0.15, -0.1) is 11.8 Å². The van der Waals surface area contributed by atoms with Crippen LogP contribution in [0, 0.1) is 5.82 Å². The average Bonchev–Trinajstić information content (AvgIpc) is 2.34. The molecule has 1 aliphatic heterocycles. The highest BCUT2D eigenvalue weighted by Gasteiger charge is 2.16. The fourth-order valence-electron chi connectivity index (χ4n) is 2.03. The number of thioether (sulfide) groups is 1. The van der Waals surface area contributed by atoms with Crippen molar-refractivity contribution in [2.45, 2.75) is 17.9 Å². The van der Waals surface area contributed by atoms with Crippen molar-refractivity contribution < 1.29 is 4.39 Å². The molecule has 1 aromatic rings. The highest BCUT2D eigenvalue weighted by atomic mass is 32.2. The summed E-state index contributed by atoms with van der Waals surface area (Å²) in [5.41, 5.74) is 0. The summed E-state index contributed by atoms with van der Waals surface area (Å²) in [4.78, 5) is 3.65. The Balaban J connectivity index is 1.73. The van der Waals surface area contributed by atoms with Crippen molar-refractivity contribution >= 4 is 11.8 Å². The minimum atomic E-state index is -0.162. The molecule has 2 rings (SSSR count). The van der Waals surface area contributed by atoms with Gasteiger partial charge in [-0.1, -0.05) is 0 Å². The lowest BCUT2D eigenvalue weighted by molar-refractivity contribution is 0.184. The Labute approximate surface area is 107 Å². The summed E-state index contributed by atoms with van der Waals surface area (Å²) in [6.07, 6.45) is 0. The number of hydrogen-bond acceptors (Lipinski definition) is 3. The van der Waals surface area contributed by atoms with Gasteiger partial charge < -0.3 is 5.32 Å². The number of nitrogens with zero attached hydrogens (tertiary/aromatic N) is 1. The molecule has 1 aliphatic rings. The first-order chi connectivity index (χ1) is 8.25. The molecule has 1 heterocycles. The third-order valence-electron chi connectivity index (χ3n) is 3.10. The Kier molecular flexibility index (Phi) is 4.83. The predicted octanol–water partition coefficient (Wildman–Crippen LogP) is 2.21. The lowest BCUT2D eigenvalue weighted by Gasteiger charge is -2.33. The van der Waals surface area contributed by atoms with Crippen LogP contribution in [0.5, 0.6) is 0 Å². The van der Waals surface area contributed by atoms with Crippen molar-refractivity contribution in [2.24, 2.45) is 0 Å². The number of nitrogens with one attached hydrogen (secondary N) is 1. The molecule has 0 aromatic heterocycles. The van der Waals surface area contributed by atoms with Crippen LogP contribution < -0.4 is 5.32 Å². The van der Waals surface area contributed by atoms with E-state index in [-0.39, 0.29) is 5.82 Å². The highest BCUT2D eigenvalue weighted by Crippen LogP contribution is 2.18. The number of benzene rings is 1. The Hall–Kier alpha value is -0.580. The molecule has 0 unspecified atom stereocenters. The summed E-state index contributed by atoms with van der Waals surface area (Å²) in [6, 6.07) is 7.37. The lowest BCUT2D eigenvalue weighted by atomic mass is 10.2. The van der Waals surface area contributed by atoms with E-state index in [1.807, 2.05) is 12.1 Å². The first-order valence-electron chi connectivity index (χ1n) is 6.09. The van der Waals surface area contributed by atoms with Gasteiger partial charge >= 0.3 is 0 Å². The first-order valence-corrected chi connectivity index (χ1v) is 7.07. The number of piperazine rings is 1. The summed E-state index contributed by atoms with van der Waals surface area (Å²) in [5, 5.41) is 3.39. The van der Waals surface area contributed by atoms with Gasteiger partial charge in [0, 0.05) is 42.9 Å². The maximum Gasteiger partial charge on any atom is 0.123 e. The van der Waals surface area contributed by atoms with E-state index in [0.29, 0.717) is 6.04 Å². The normalized spacial score (nSPS) is 21.6. The highest BCUT2D eigenvalue weighted by molar-refractivity contribution is 7.99. The molecule has 17 heavy (non-hydrogen) atoms. The third-order valence-corrected chi connectivity index (χ3v) is 4.09. The van der Waals surface area contributed by atoms with Crippen molar-refractivity contribution in [1.29, 1.82) is 0 Å². The van der Waals surface area contributed by atoms with E-state index >= 15 is 0 Å². The monoisotopic (exact) mass is 254 g/mol. The second kappa shape index (κ2) is 6.38. The number of rotatable bonds is 4. The molecule has 0 amide bonds. The van der Waals surface area contributed by atoms with Crippen LogP contribution in [0.25, 0.3) is 0 Å². The van der Waals surface area contributed by atoms with Gasteiger partial charge in [0.05, 0.1) is 0 Å². The maximum atomic E-state index is 12.7. The van der Waals surface area contributed by atoms with E-state index in [1.165, 1.54) is 12.1 Å². The largest absolute Gasteiger partial charge is 0.314 e. The molecule has 0 radical (unpaired) electrons. The van der Waals surface area contributed by atoms with Crippen LogP contribution in [0.4, 0.5) is 4.39 Å². The molecule has 94 valence electrons. The molecule has 0 bridgehead atoms. The maximum absolute atomic E-state index is 12.7. The zero-order valence-corrected chi connectivity index (χ0v) is 11.0. The van der Waals surface area contributed by atoms with Gasteiger partial charge in [0.2, 0.25) is 0 Å². The molecule has 1 aromatic carbocycles. The molecule has 4 heteroatoms. The van der Waals surface area contributed by atoms with Crippen molar-refractivity contribution in [3.05, 3.63) is 30.1 Å². The molecule has 2 nitrogen and oxygen atoms in total. The van der Waals surface area contributed by atoms with Gasteiger partial charge in [-0.3, -0.25) is 4.90 Å². The molecule has 0 aliphatic carbocycles. The predicted molar refractivity (Wildman–Crippen MR) is 71.0 cm³/mol. The summed E-state index contributed by atoms with van der Waals surface area (Å²) >= 11 is 1.80. The molecule has 0 saturated carbocycles. The Morgan fingerprint density at radius 3 is 2.88 bits per heavy atom. The van der Waals surface area contributed by atoms with Gasteiger partial charge in [0.15, 0.2) is 0 Å². The van der Waals surface area contributed by atoms with Gasteiger partial charge in [0.1, 0.15) is 5.82 Å². The Morgan fingerprint density at radius 2 is 2.18 bits per heavy atom. The van der Waals surface area contributed by atoms with Crippen LogP contribution in [0.2, 0.25) is 0 Å². The van der Waals surface area contributed by atoms with Crippen molar-refractivity contribution in [3.63, 3.8) is 0 Å². The smallest absolute Gasteiger partial charge is 0.123 e. The summed E-state index contributed by atoms with van der Waals surface area (Å²) in [7, 11) is 0. The second-order valence-corrected chi connectivity index (χ2v) is 5.56. The standard InChI is InChI=1S/C13H19FN2S/c1-11-10-15-6-7-16(11)8-9-17-13-4-2-12(14)3-5-13/h2-5,11,15H,6-10H2,1H3/t11-/m0/s1. The molecule has 1 fully saturated rings. The average molecular weight is 254 g/mol. The summed E-state index contributed by atoms with van der Waals surface area (Å²) in [6.45, 7) is 6.66. The zero-order chi connectivity index (χ0) is 12.1. The summed E-state index contributed by atoms with van der Waals surface area (Å²) in [5.74, 6) is 0.903. The van der Waals surface area contributed by atoms with E-state index in [9.17, 15) is 4.39 Å². The molecule has 1 atom stereocenters. The van der Waals surface area contributed by atoms with Crippen molar-refractivity contribution in [1.82, 2.24) is 10.2 Å². The molecular weight excluding hydrogens is 235 g/mol. The number of hydrogen-bond donors (Lipinski definition) is 1. The van der Waals surface area contributed by atoms with Gasteiger partial charge in [-0.25, -0.2) is 4.39 Å². The zero-order valence-electron chi connectivity index (χ0n) is 10.2. The topological polar surface area (TPSA) is 15.3 Å². The summed E-state index contributed by atoms with van der Waals surface area (Å²) < 4.78 is 12.7. The minimum absolute atomic E-state index is 0.162. The van der Waals surface area contributed by atoms with E-state index in [0.717, 1.165) is 36.8 Å². The van der Waals surface area contributed by atoms with Crippen LogP contribution >= 0.6 is 11.8 Å². The molecule has 0 spiro atoms. The van der Waals surface area contributed by atoms with E-state index in [2.05, 4.69) is 17.1 Å². The van der Waals surface area contributed by atoms with Gasteiger partial charge in [-0.2, -0.15) is 0 Å². The van der Waals surface area contributed by atoms with Crippen molar-refractivity contribution in [3.8, 4) is 0 Å². The van der Waals surface area contributed by atoms with Gasteiger partial charge in [0.25, 0.3) is 0 Å². The Bertz CT molecular complexity index is 342. The molecular formula is C13H19FN2S. The van der Waals surface area contributed by atoms with Crippen LogP contribution in [-0.2, 0) is 0 Å². The van der Waals surface area contributed by atoms with Gasteiger partial charge in [-0.05, 0) is 31.2 Å². The van der Waals surface area contributed by atoms with Crippen LogP contribution in [0.15, 0.2) is 29.2 Å². The fourth-order valence-corrected chi connectivity index (χ4v) is 2.92. The SMILES string of the molecule is C[C@H]1CNCCN1CCSc1ccc(F)cc1. The quantitative estimate of drug-likeness (QED) is 0.829. The number of halogens is 1. The first kappa shape index (κ1) is 12.9. The van der Waals surface area contributed by atoms with Crippen LogP contribution in [0.3, 0.4) is 0 Å². The molecule has 1 saturated heterocycles. The third kappa shape index (κ3) is 3.98. The van der Waals surface area contributed by atoms with Crippen LogP contribution in [-0.4, -0.2) is 42.9 Å². The molecule has 1 N–H and O–H groups in total. The van der Waals surface area contributed by atoms with E-state index in [1.54, 1.807) is 11.8 Å². The minimum Gasteiger partial charge on any atom is -0.314 e. The van der Waals surface area contributed by atoms with Crippen molar-refractivity contribution in [2.75, 3.05) is 31.9 Å². The lowest BCUT2D eigenvalue weighted by Crippen LogP contribution is -2.50. The van der Waals surface area contributed by atoms with Crippen LogP contribution in [0.1, 0.15) is 6.92 Å². The fraction of sp³-hybridized carbons (Fsp3) is 0.538. The van der Waals surface area contributed by atoms with E-state index in [4.69, 9.17) is 0 Å². The van der Waals surface area contributed by atoms with E-state index < -0.39 is 0 Å². The second-order valence-electron chi connectivity index (χ2n) is 4.39. The Morgan fingerprint density at radius 1 is 1.41 bits per heavy atom.